The summed E-state index contributed by atoms with van der Waals surface area (Å²) in [5.41, 5.74) is 8.12. The number of benzene rings is 2. The number of hydrogen-bond donors (Lipinski definition) is 1. The summed E-state index contributed by atoms with van der Waals surface area (Å²) < 4.78 is 5.88. The number of nitrogens with two attached hydrogens (primary N) is 1. The first kappa shape index (κ1) is 14.9. The summed E-state index contributed by atoms with van der Waals surface area (Å²) in [6.07, 6.45) is 0.882. The van der Waals surface area contributed by atoms with Crippen LogP contribution in [-0.4, -0.2) is 24.9 Å². The molecule has 0 atom stereocenters. The van der Waals surface area contributed by atoms with E-state index in [1.165, 1.54) is 4.90 Å². The van der Waals surface area contributed by atoms with Crippen LogP contribution in [0.15, 0.2) is 42.5 Å². The van der Waals surface area contributed by atoms with Gasteiger partial charge in [-0.25, -0.2) is 0 Å². The molecule has 21 heavy (non-hydrogen) atoms. The van der Waals surface area contributed by atoms with Crippen LogP contribution in [0.5, 0.6) is 11.5 Å². The molecule has 0 spiro atoms. The van der Waals surface area contributed by atoms with Crippen LogP contribution < -0.4 is 10.5 Å². The molecule has 0 aliphatic carbocycles. The van der Waals surface area contributed by atoms with E-state index in [2.05, 4.69) is 6.92 Å². The Balaban J connectivity index is 2.28. The predicted molar refractivity (Wildman–Crippen MR) is 84.8 cm³/mol. The zero-order valence-electron chi connectivity index (χ0n) is 12.6. The minimum Gasteiger partial charge on any atom is -0.455 e. The molecular formula is C17H20N2O2. The maximum absolute atomic E-state index is 11.9. The monoisotopic (exact) mass is 284 g/mol. The van der Waals surface area contributed by atoms with Gasteiger partial charge in [0.25, 0.3) is 5.91 Å². The van der Waals surface area contributed by atoms with E-state index in [1.807, 2.05) is 24.3 Å². The highest BCUT2D eigenvalue weighted by atomic mass is 16.5. The lowest BCUT2D eigenvalue weighted by atomic mass is 10.1. The summed E-state index contributed by atoms with van der Waals surface area (Å²) in [6.45, 7) is 2.07. The summed E-state index contributed by atoms with van der Waals surface area (Å²) in [4.78, 5) is 13.4. The minimum atomic E-state index is -0.0813. The fraction of sp³-hybridized carbons (Fsp3) is 0.235. The van der Waals surface area contributed by atoms with Crippen LogP contribution in [0.25, 0.3) is 0 Å². The number of nitrogens with zero attached hydrogens (tertiary/aromatic N) is 1. The van der Waals surface area contributed by atoms with Gasteiger partial charge in [0, 0.05) is 19.7 Å². The molecule has 0 aliphatic heterocycles. The number of para-hydroxylation sites is 1. The quantitative estimate of drug-likeness (QED) is 0.876. The van der Waals surface area contributed by atoms with Crippen molar-refractivity contribution in [1.82, 2.24) is 4.90 Å². The maximum atomic E-state index is 11.9. The molecule has 2 N–H and O–H groups in total. The Hall–Kier alpha value is -2.49. The molecule has 0 radical (unpaired) electrons. The number of rotatable bonds is 4. The largest absolute Gasteiger partial charge is 0.455 e. The van der Waals surface area contributed by atoms with Crippen molar-refractivity contribution in [2.75, 3.05) is 19.8 Å². The molecule has 110 valence electrons. The number of amides is 1. The van der Waals surface area contributed by atoms with Gasteiger partial charge in [0.2, 0.25) is 0 Å². The molecule has 4 nitrogen and oxygen atoms in total. The molecule has 2 rings (SSSR count). The normalized spacial score (nSPS) is 10.2. The number of carbonyl (C=O) groups is 1. The Bertz CT molecular complexity index is 651. The van der Waals surface area contributed by atoms with Gasteiger partial charge in [-0.05, 0) is 36.2 Å². The Kier molecular flexibility index (Phi) is 4.48. The van der Waals surface area contributed by atoms with Crippen LogP contribution in [-0.2, 0) is 6.42 Å². The zero-order chi connectivity index (χ0) is 15.4. The highest BCUT2D eigenvalue weighted by Crippen LogP contribution is 2.30. The summed E-state index contributed by atoms with van der Waals surface area (Å²) >= 11 is 0. The van der Waals surface area contributed by atoms with E-state index < -0.39 is 0 Å². The fourth-order valence-electron chi connectivity index (χ4n) is 2.05. The van der Waals surface area contributed by atoms with Crippen molar-refractivity contribution < 1.29 is 9.53 Å². The van der Waals surface area contributed by atoms with E-state index in [1.54, 1.807) is 32.3 Å². The Labute approximate surface area is 125 Å². The molecule has 0 bridgehead atoms. The molecule has 0 saturated heterocycles. The van der Waals surface area contributed by atoms with Crippen molar-refractivity contribution in [3.05, 3.63) is 53.6 Å². The Morgan fingerprint density at radius 2 is 1.86 bits per heavy atom. The van der Waals surface area contributed by atoms with Gasteiger partial charge in [0.05, 0.1) is 5.69 Å². The molecule has 0 unspecified atom stereocenters. The van der Waals surface area contributed by atoms with E-state index >= 15 is 0 Å². The minimum absolute atomic E-state index is 0.0813. The molecule has 2 aromatic carbocycles. The van der Waals surface area contributed by atoms with Crippen molar-refractivity contribution in [1.29, 1.82) is 0 Å². The highest BCUT2D eigenvalue weighted by Gasteiger charge is 2.11. The number of aryl methyl sites for hydroxylation is 1. The second-order valence-electron chi connectivity index (χ2n) is 5.02. The lowest BCUT2D eigenvalue weighted by Crippen LogP contribution is -2.21. The first-order valence-corrected chi connectivity index (χ1v) is 6.90. The molecule has 0 saturated carbocycles. The molecule has 0 fully saturated rings. The third-order valence-electron chi connectivity index (χ3n) is 3.24. The SMILES string of the molecule is CCc1ccccc1Oc1ccc(C(=O)N(C)C)cc1N. The average molecular weight is 284 g/mol. The molecular weight excluding hydrogens is 264 g/mol. The molecule has 0 aliphatic rings. The number of carbonyl (C=O) groups excluding carboxylic acids is 1. The highest BCUT2D eigenvalue weighted by molar-refractivity contribution is 5.95. The van der Waals surface area contributed by atoms with Gasteiger partial charge in [0.1, 0.15) is 11.5 Å². The van der Waals surface area contributed by atoms with Crippen LogP contribution >= 0.6 is 0 Å². The summed E-state index contributed by atoms with van der Waals surface area (Å²) in [7, 11) is 3.42. The first-order valence-electron chi connectivity index (χ1n) is 6.90. The van der Waals surface area contributed by atoms with Crippen molar-refractivity contribution in [3.63, 3.8) is 0 Å². The van der Waals surface area contributed by atoms with Gasteiger partial charge in [-0.15, -0.1) is 0 Å². The van der Waals surface area contributed by atoms with Crippen molar-refractivity contribution >= 4 is 11.6 Å². The van der Waals surface area contributed by atoms with E-state index in [9.17, 15) is 4.79 Å². The van der Waals surface area contributed by atoms with Gasteiger partial charge in [-0.3, -0.25) is 4.79 Å². The van der Waals surface area contributed by atoms with Gasteiger partial charge in [-0.1, -0.05) is 25.1 Å². The van der Waals surface area contributed by atoms with E-state index in [4.69, 9.17) is 10.5 Å². The topological polar surface area (TPSA) is 55.6 Å². The second kappa shape index (κ2) is 6.31. The standard InChI is InChI=1S/C17H20N2O2/c1-4-12-7-5-6-8-15(12)21-16-10-9-13(11-14(16)18)17(20)19(2)3/h5-11H,4,18H2,1-3H3. The molecule has 2 aromatic rings. The Morgan fingerprint density at radius 1 is 1.14 bits per heavy atom. The summed E-state index contributed by atoms with van der Waals surface area (Å²) in [5, 5.41) is 0. The lowest BCUT2D eigenvalue weighted by molar-refractivity contribution is 0.0827. The second-order valence-corrected chi connectivity index (χ2v) is 5.02. The molecule has 0 heterocycles. The summed E-state index contributed by atoms with van der Waals surface area (Å²) in [5.74, 6) is 1.27. The average Bonchev–Trinajstić information content (AvgIpc) is 2.49. The van der Waals surface area contributed by atoms with Crippen LogP contribution in [0.4, 0.5) is 5.69 Å². The van der Waals surface area contributed by atoms with Crippen LogP contribution in [0.3, 0.4) is 0 Å². The van der Waals surface area contributed by atoms with Crippen LogP contribution in [0.2, 0.25) is 0 Å². The molecule has 4 heteroatoms. The number of ether oxygens (including phenoxy) is 1. The lowest BCUT2D eigenvalue weighted by Gasteiger charge is -2.14. The Morgan fingerprint density at radius 3 is 2.48 bits per heavy atom. The first-order chi connectivity index (χ1) is 10.0. The van der Waals surface area contributed by atoms with Gasteiger partial charge < -0.3 is 15.4 Å². The van der Waals surface area contributed by atoms with Crippen molar-refractivity contribution in [2.45, 2.75) is 13.3 Å². The molecule has 1 amide bonds. The predicted octanol–water partition coefficient (Wildman–Crippen LogP) is 3.33. The van der Waals surface area contributed by atoms with E-state index in [0.29, 0.717) is 17.0 Å². The van der Waals surface area contributed by atoms with Gasteiger partial charge >= 0.3 is 0 Å². The van der Waals surface area contributed by atoms with Crippen molar-refractivity contribution in [3.8, 4) is 11.5 Å². The van der Waals surface area contributed by atoms with Crippen molar-refractivity contribution in [2.24, 2.45) is 0 Å². The van der Waals surface area contributed by atoms with Gasteiger partial charge in [-0.2, -0.15) is 0 Å². The zero-order valence-corrected chi connectivity index (χ0v) is 12.6. The molecule has 0 aromatic heterocycles. The van der Waals surface area contributed by atoms with E-state index in [-0.39, 0.29) is 5.91 Å². The number of nitrogen functional groups attached to an aromatic ring is 1. The maximum Gasteiger partial charge on any atom is 0.253 e. The number of hydrogen-bond acceptors (Lipinski definition) is 3. The smallest absolute Gasteiger partial charge is 0.253 e. The third kappa shape index (κ3) is 3.34. The fourth-order valence-corrected chi connectivity index (χ4v) is 2.05. The van der Waals surface area contributed by atoms with E-state index in [0.717, 1.165) is 17.7 Å². The van der Waals surface area contributed by atoms with Crippen LogP contribution in [0, 0.1) is 0 Å². The number of anilines is 1. The van der Waals surface area contributed by atoms with Gasteiger partial charge in [0.15, 0.2) is 0 Å². The van der Waals surface area contributed by atoms with Crippen LogP contribution in [0.1, 0.15) is 22.8 Å². The summed E-state index contributed by atoms with van der Waals surface area (Å²) in [6, 6.07) is 12.9. The third-order valence-corrected chi connectivity index (χ3v) is 3.24.